The van der Waals surface area contributed by atoms with Gasteiger partial charge in [-0.15, -0.1) is 0 Å². The van der Waals surface area contributed by atoms with Gasteiger partial charge in [0.25, 0.3) is 0 Å². The average Bonchev–Trinajstić information content (AvgIpc) is 3.35. The summed E-state index contributed by atoms with van der Waals surface area (Å²) in [5.74, 6) is 0.596. The molecule has 0 spiro atoms. The van der Waals surface area contributed by atoms with Crippen LogP contribution in [0.3, 0.4) is 0 Å². The van der Waals surface area contributed by atoms with E-state index in [0.29, 0.717) is 23.9 Å². The van der Waals surface area contributed by atoms with Crippen molar-refractivity contribution in [3.05, 3.63) is 72.3 Å². The van der Waals surface area contributed by atoms with E-state index in [4.69, 9.17) is 4.74 Å². The fraction of sp³-hybridized carbons (Fsp3) is 0.143. The summed E-state index contributed by atoms with van der Waals surface area (Å²) in [7, 11) is 1.56. The fourth-order valence-corrected chi connectivity index (χ4v) is 3.60. The third kappa shape index (κ3) is 2.96. The maximum Gasteiger partial charge on any atom is 0.241 e. The van der Waals surface area contributed by atoms with Gasteiger partial charge in [0.1, 0.15) is 30.1 Å². The number of halogens is 1. The SMILES string of the molecule is COc1ncnc2ccn(-c3cnc4nc(CO)n(Cc5cccc(F)c5)c4c3)c12. The largest absolute Gasteiger partial charge is 0.479 e. The lowest BCUT2D eigenvalue weighted by atomic mass is 10.2. The highest BCUT2D eigenvalue weighted by molar-refractivity contribution is 5.83. The lowest BCUT2D eigenvalue weighted by Gasteiger charge is -2.10. The second-order valence-electron chi connectivity index (χ2n) is 6.74. The van der Waals surface area contributed by atoms with Crippen molar-refractivity contribution in [2.75, 3.05) is 7.11 Å². The Hall–Kier alpha value is -3.85. The van der Waals surface area contributed by atoms with Gasteiger partial charge in [-0.05, 0) is 29.8 Å². The Labute approximate surface area is 170 Å². The molecule has 1 aromatic carbocycles. The molecule has 4 aromatic heterocycles. The van der Waals surface area contributed by atoms with Gasteiger partial charge >= 0.3 is 0 Å². The molecule has 0 saturated heterocycles. The zero-order valence-corrected chi connectivity index (χ0v) is 16.0. The number of pyridine rings is 1. The van der Waals surface area contributed by atoms with Crippen molar-refractivity contribution in [1.82, 2.24) is 29.1 Å². The van der Waals surface area contributed by atoms with Gasteiger partial charge in [0.15, 0.2) is 5.65 Å². The zero-order valence-electron chi connectivity index (χ0n) is 16.0. The molecule has 0 atom stereocenters. The number of hydrogen-bond acceptors (Lipinski definition) is 6. The highest BCUT2D eigenvalue weighted by atomic mass is 19.1. The minimum atomic E-state index is -0.313. The maximum atomic E-state index is 13.6. The van der Waals surface area contributed by atoms with Crippen LogP contribution < -0.4 is 4.74 Å². The lowest BCUT2D eigenvalue weighted by Crippen LogP contribution is -2.06. The molecule has 5 aromatic rings. The smallest absolute Gasteiger partial charge is 0.241 e. The minimum absolute atomic E-state index is 0.255. The van der Waals surface area contributed by atoms with Gasteiger partial charge in [0.05, 0.1) is 30.0 Å². The Kier molecular flexibility index (Phi) is 4.36. The number of benzene rings is 1. The van der Waals surface area contributed by atoms with Crippen LogP contribution in [0.2, 0.25) is 0 Å². The molecule has 1 N–H and O–H groups in total. The number of hydrogen-bond donors (Lipinski definition) is 1. The van der Waals surface area contributed by atoms with Crippen LogP contribution in [-0.2, 0) is 13.2 Å². The molecule has 0 aliphatic carbocycles. The van der Waals surface area contributed by atoms with Crippen molar-refractivity contribution in [3.8, 4) is 11.6 Å². The van der Waals surface area contributed by atoms with Gasteiger partial charge in [0.2, 0.25) is 5.88 Å². The third-order valence-corrected chi connectivity index (χ3v) is 4.95. The van der Waals surface area contributed by atoms with Gasteiger partial charge in [-0.3, -0.25) is 0 Å². The van der Waals surface area contributed by atoms with Gasteiger partial charge in [-0.2, -0.15) is 4.98 Å². The fourth-order valence-electron chi connectivity index (χ4n) is 3.60. The number of imidazole rings is 1. The predicted molar refractivity (Wildman–Crippen MR) is 108 cm³/mol. The molecule has 0 radical (unpaired) electrons. The summed E-state index contributed by atoms with van der Waals surface area (Å²) in [5, 5.41) is 9.79. The number of rotatable bonds is 5. The monoisotopic (exact) mass is 404 g/mol. The van der Waals surface area contributed by atoms with Crippen LogP contribution in [0.4, 0.5) is 4.39 Å². The number of aliphatic hydroxyl groups is 1. The molecule has 30 heavy (non-hydrogen) atoms. The molecule has 4 heterocycles. The maximum absolute atomic E-state index is 13.6. The highest BCUT2D eigenvalue weighted by Gasteiger charge is 2.16. The van der Waals surface area contributed by atoms with Crippen molar-refractivity contribution in [3.63, 3.8) is 0 Å². The molecule has 0 bridgehead atoms. The molecule has 0 amide bonds. The van der Waals surface area contributed by atoms with Gasteiger partial charge in [-0.25, -0.2) is 19.3 Å². The average molecular weight is 404 g/mol. The molecular weight excluding hydrogens is 387 g/mol. The number of fused-ring (bicyclic) bond motifs is 2. The van der Waals surface area contributed by atoms with Crippen LogP contribution in [0.1, 0.15) is 11.4 Å². The second kappa shape index (κ2) is 7.20. The standard InChI is InChI=1S/C21H17FN6O2/c1-30-21-19-16(24-12-25-21)5-6-27(19)15-8-17-20(23-9-15)26-18(11-29)28(17)10-13-3-2-4-14(22)7-13/h2-9,12,29H,10-11H2,1H3. The Morgan fingerprint density at radius 3 is 2.83 bits per heavy atom. The molecule has 0 unspecified atom stereocenters. The summed E-state index contributed by atoms with van der Waals surface area (Å²) in [4.78, 5) is 17.3. The quantitative estimate of drug-likeness (QED) is 0.484. The van der Waals surface area contributed by atoms with E-state index in [-0.39, 0.29) is 12.4 Å². The topological polar surface area (TPSA) is 90.9 Å². The van der Waals surface area contributed by atoms with E-state index in [2.05, 4.69) is 19.9 Å². The minimum Gasteiger partial charge on any atom is -0.479 e. The molecular formula is C21H17FN6O2. The predicted octanol–water partition coefficient (Wildman–Crippen LogP) is 2.85. The molecule has 9 heteroatoms. The summed E-state index contributed by atoms with van der Waals surface area (Å²) >= 11 is 0. The van der Waals surface area contributed by atoms with Gasteiger partial charge in [0, 0.05) is 12.7 Å². The van der Waals surface area contributed by atoms with Crippen molar-refractivity contribution in [1.29, 1.82) is 0 Å². The number of nitrogens with zero attached hydrogens (tertiary/aromatic N) is 6. The summed E-state index contributed by atoms with van der Waals surface area (Å²) in [5.41, 5.74) is 4.20. The van der Waals surface area contributed by atoms with Crippen LogP contribution in [-0.4, -0.2) is 41.3 Å². The molecule has 0 aliphatic heterocycles. The van der Waals surface area contributed by atoms with Crippen LogP contribution in [0.5, 0.6) is 5.88 Å². The number of methoxy groups -OCH3 is 1. The van der Waals surface area contributed by atoms with Crippen molar-refractivity contribution in [2.24, 2.45) is 0 Å². The number of ether oxygens (including phenoxy) is 1. The van der Waals surface area contributed by atoms with E-state index in [1.165, 1.54) is 18.5 Å². The van der Waals surface area contributed by atoms with Crippen molar-refractivity contribution in [2.45, 2.75) is 13.2 Å². The number of aliphatic hydroxyl groups excluding tert-OH is 1. The van der Waals surface area contributed by atoms with Crippen LogP contribution in [0.25, 0.3) is 27.9 Å². The van der Waals surface area contributed by atoms with E-state index in [1.807, 2.05) is 33.5 Å². The molecule has 8 nitrogen and oxygen atoms in total. The van der Waals surface area contributed by atoms with E-state index in [0.717, 1.165) is 27.8 Å². The van der Waals surface area contributed by atoms with E-state index < -0.39 is 0 Å². The Morgan fingerprint density at radius 1 is 1.13 bits per heavy atom. The highest BCUT2D eigenvalue weighted by Crippen LogP contribution is 2.27. The summed E-state index contributed by atoms with van der Waals surface area (Å²) in [6, 6.07) is 10.1. The first kappa shape index (κ1) is 18.2. The van der Waals surface area contributed by atoms with Crippen LogP contribution in [0, 0.1) is 5.82 Å². The second-order valence-corrected chi connectivity index (χ2v) is 6.74. The normalized spacial score (nSPS) is 11.4. The Bertz CT molecular complexity index is 1380. The van der Waals surface area contributed by atoms with Crippen molar-refractivity contribution >= 4 is 22.2 Å². The van der Waals surface area contributed by atoms with Crippen LogP contribution >= 0.6 is 0 Å². The van der Waals surface area contributed by atoms with Gasteiger partial charge < -0.3 is 19.0 Å². The first-order valence-electron chi connectivity index (χ1n) is 9.25. The van der Waals surface area contributed by atoms with E-state index in [9.17, 15) is 9.50 Å². The number of aromatic nitrogens is 6. The van der Waals surface area contributed by atoms with Crippen LogP contribution in [0.15, 0.2) is 55.1 Å². The Balaban J connectivity index is 1.68. The molecule has 0 aliphatic rings. The third-order valence-electron chi connectivity index (χ3n) is 4.95. The first-order chi connectivity index (χ1) is 14.7. The molecule has 5 rings (SSSR count). The van der Waals surface area contributed by atoms with Gasteiger partial charge in [-0.1, -0.05) is 12.1 Å². The van der Waals surface area contributed by atoms with E-state index in [1.54, 1.807) is 19.4 Å². The van der Waals surface area contributed by atoms with Crippen molar-refractivity contribution < 1.29 is 14.2 Å². The molecule has 0 fully saturated rings. The summed E-state index contributed by atoms with van der Waals surface area (Å²) < 4.78 is 22.8. The Morgan fingerprint density at radius 2 is 2.03 bits per heavy atom. The lowest BCUT2D eigenvalue weighted by molar-refractivity contribution is 0.267. The summed E-state index contributed by atoms with van der Waals surface area (Å²) in [6.45, 7) is 0.100. The first-order valence-corrected chi connectivity index (χ1v) is 9.25. The zero-order chi connectivity index (χ0) is 20.7. The summed E-state index contributed by atoms with van der Waals surface area (Å²) in [6.07, 6.45) is 5.01. The molecule has 0 saturated carbocycles. The molecule has 150 valence electrons. The van der Waals surface area contributed by atoms with E-state index >= 15 is 0 Å².